The standard InChI is InChI=1S/C9H14Cl2OSi/c1-9(10,11)12-13-8-5-6-2-3-7(8)4-6/h2-3,6-8H,4-5,13H2,1H3. The van der Waals surface area contributed by atoms with Gasteiger partial charge in [-0.3, -0.25) is 0 Å². The van der Waals surface area contributed by atoms with Crippen molar-refractivity contribution in [1.29, 1.82) is 0 Å². The molecule has 2 aliphatic carbocycles. The molecule has 0 aromatic heterocycles. The van der Waals surface area contributed by atoms with E-state index in [0.717, 1.165) is 17.4 Å². The van der Waals surface area contributed by atoms with Crippen molar-refractivity contribution in [2.45, 2.75) is 29.8 Å². The van der Waals surface area contributed by atoms with Gasteiger partial charge in [0.25, 0.3) is 0 Å². The molecule has 0 N–H and O–H groups in total. The van der Waals surface area contributed by atoms with E-state index in [4.69, 9.17) is 27.6 Å². The van der Waals surface area contributed by atoms with Gasteiger partial charge in [-0.15, -0.1) is 0 Å². The minimum absolute atomic E-state index is 0.560. The largest absolute Gasteiger partial charge is 0.394 e. The number of hydrogen-bond donors (Lipinski definition) is 0. The Hall–Kier alpha value is 0.497. The van der Waals surface area contributed by atoms with Crippen LogP contribution in [0, 0.1) is 11.8 Å². The Bertz CT molecular complexity index is 224. The molecule has 0 heterocycles. The average molecular weight is 237 g/mol. The molecule has 0 amide bonds. The molecule has 74 valence electrons. The van der Waals surface area contributed by atoms with Crippen molar-refractivity contribution in [3.63, 3.8) is 0 Å². The fraction of sp³-hybridized carbons (Fsp3) is 0.778. The molecule has 13 heavy (non-hydrogen) atoms. The summed E-state index contributed by atoms with van der Waals surface area (Å²) in [5, 5.41) is 0. The summed E-state index contributed by atoms with van der Waals surface area (Å²) in [5.41, 5.74) is 0.770. The zero-order chi connectivity index (χ0) is 9.47. The van der Waals surface area contributed by atoms with Gasteiger partial charge in [-0.2, -0.15) is 0 Å². The lowest BCUT2D eigenvalue weighted by molar-refractivity contribution is 0.269. The second-order valence-electron chi connectivity index (χ2n) is 4.16. The van der Waals surface area contributed by atoms with E-state index in [1.165, 1.54) is 12.8 Å². The highest BCUT2D eigenvalue weighted by atomic mass is 35.5. The summed E-state index contributed by atoms with van der Waals surface area (Å²) in [4.78, 5) is 0. The van der Waals surface area contributed by atoms with Crippen LogP contribution in [0.3, 0.4) is 0 Å². The van der Waals surface area contributed by atoms with Gasteiger partial charge in [-0.25, -0.2) is 0 Å². The first-order chi connectivity index (χ1) is 6.04. The molecule has 0 radical (unpaired) electrons. The fourth-order valence-electron chi connectivity index (χ4n) is 2.34. The Kier molecular flexibility index (Phi) is 2.76. The van der Waals surface area contributed by atoms with E-state index in [1.807, 2.05) is 0 Å². The van der Waals surface area contributed by atoms with Crippen LogP contribution in [0.15, 0.2) is 12.2 Å². The number of allylic oxidation sites excluding steroid dienone is 2. The first-order valence-corrected chi connectivity index (χ1v) is 6.90. The summed E-state index contributed by atoms with van der Waals surface area (Å²) in [5.74, 6) is 1.59. The first kappa shape index (κ1) is 10.0. The second kappa shape index (κ2) is 3.57. The third kappa shape index (κ3) is 2.49. The zero-order valence-electron chi connectivity index (χ0n) is 7.67. The third-order valence-electron chi connectivity index (χ3n) is 2.97. The minimum atomic E-state index is -0.961. The number of rotatable bonds is 3. The van der Waals surface area contributed by atoms with Gasteiger partial charge in [-0.05, 0) is 37.1 Å². The summed E-state index contributed by atoms with van der Waals surface area (Å²) in [6, 6.07) is 0. The van der Waals surface area contributed by atoms with Crippen molar-refractivity contribution in [3.05, 3.63) is 12.2 Å². The topological polar surface area (TPSA) is 9.23 Å². The molecule has 1 saturated carbocycles. The van der Waals surface area contributed by atoms with Crippen LogP contribution >= 0.6 is 23.2 Å². The van der Waals surface area contributed by atoms with Gasteiger partial charge in [0.2, 0.25) is 4.52 Å². The number of hydrogen-bond acceptors (Lipinski definition) is 1. The molecular weight excluding hydrogens is 223 g/mol. The van der Waals surface area contributed by atoms with Crippen molar-refractivity contribution in [1.82, 2.24) is 0 Å². The van der Waals surface area contributed by atoms with Crippen molar-refractivity contribution < 1.29 is 4.43 Å². The minimum Gasteiger partial charge on any atom is -0.394 e. The van der Waals surface area contributed by atoms with Gasteiger partial charge in [0.15, 0.2) is 9.76 Å². The third-order valence-corrected chi connectivity index (χ3v) is 5.66. The van der Waals surface area contributed by atoms with E-state index < -0.39 is 14.3 Å². The van der Waals surface area contributed by atoms with Gasteiger partial charge in [0, 0.05) is 0 Å². The van der Waals surface area contributed by atoms with E-state index in [1.54, 1.807) is 6.92 Å². The van der Waals surface area contributed by atoms with Crippen molar-refractivity contribution >= 4 is 33.0 Å². The lowest BCUT2D eigenvalue weighted by atomic mass is 10.1. The Morgan fingerprint density at radius 3 is 2.62 bits per heavy atom. The highest BCUT2D eigenvalue weighted by Crippen LogP contribution is 2.47. The van der Waals surface area contributed by atoms with Crippen LogP contribution in [0.5, 0.6) is 0 Å². The first-order valence-electron chi connectivity index (χ1n) is 4.75. The smallest absolute Gasteiger partial charge is 0.205 e. The van der Waals surface area contributed by atoms with Crippen molar-refractivity contribution in [3.8, 4) is 0 Å². The SMILES string of the molecule is CC(Cl)(Cl)O[SiH2]C1CC2C=CC1C2. The molecule has 0 aliphatic heterocycles. The van der Waals surface area contributed by atoms with Gasteiger partial charge in [-0.1, -0.05) is 35.4 Å². The molecule has 3 unspecified atom stereocenters. The average Bonchev–Trinajstić information content (AvgIpc) is 2.58. The predicted octanol–water partition coefficient (Wildman–Crippen LogP) is 2.62. The molecular formula is C9H14Cl2OSi. The molecule has 0 saturated heterocycles. The molecule has 3 atom stereocenters. The van der Waals surface area contributed by atoms with E-state index in [9.17, 15) is 0 Å². The molecule has 1 nitrogen and oxygen atoms in total. The van der Waals surface area contributed by atoms with Crippen LogP contribution < -0.4 is 0 Å². The molecule has 1 fully saturated rings. The quantitative estimate of drug-likeness (QED) is 0.416. The number of alkyl halides is 2. The Balaban J connectivity index is 1.81. The Labute approximate surface area is 91.4 Å². The van der Waals surface area contributed by atoms with Gasteiger partial charge in [0.05, 0.1) is 0 Å². The van der Waals surface area contributed by atoms with Crippen LogP contribution in [-0.4, -0.2) is 14.3 Å². The highest BCUT2D eigenvalue weighted by molar-refractivity contribution is 6.49. The molecule has 4 heteroatoms. The Morgan fingerprint density at radius 1 is 1.38 bits per heavy atom. The molecule has 0 spiro atoms. The van der Waals surface area contributed by atoms with E-state index >= 15 is 0 Å². The maximum atomic E-state index is 5.77. The van der Waals surface area contributed by atoms with Crippen LogP contribution in [0.25, 0.3) is 0 Å². The van der Waals surface area contributed by atoms with Crippen LogP contribution in [0.4, 0.5) is 0 Å². The van der Waals surface area contributed by atoms with Crippen LogP contribution in [-0.2, 0) is 4.43 Å². The van der Waals surface area contributed by atoms with E-state index in [0.29, 0.717) is 0 Å². The van der Waals surface area contributed by atoms with E-state index in [2.05, 4.69) is 12.2 Å². The second-order valence-corrected chi connectivity index (χ2v) is 7.47. The highest BCUT2D eigenvalue weighted by Gasteiger charge is 2.36. The normalized spacial score (nSPS) is 38.2. The van der Waals surface area contributed by atoms with Crippen molar-refractivity contribution in [2.75, 3.05) is 0 Å². The molecule has 2 aliphatic rings. The molecule has 2 rings (SSSR count). The summed E-state index contributed by atoms with van der Waals surface area (Å²) >= 11 is 11.5. The van der Waals surface area contributed by atoms with Crippen LogP contribution in [0.2, 0.25) is 5.54 Å². The molecule has 0 aromatic rings. The van der Waals surface area contributed by atoms with Gasteiger partial charge in [0.1, 0.15) is 0 Å². The lowest BCUT2D eigenvalue weighted by Crippen LogP contribution is -2.21. The molecule has 2 bridgehead atoms. The Morgan fingerprint density at radius 2 is 2.15 bits per heavy atom. The summed E-state index contributed by atoms with van der Waals surface area (Å²) in [6.07, 6.45) is 7.32. The van der Waals surface area contributed by atoms with Crippen LogP contribution in [0.1, 0.15) is 19.8 Å². The number of halogens is 2. The lowest BCUT2D eigenvalue weighted by Gasteiger charge is -2.21. The molecule has 0 aromatic carbocycles. The number of fused-ring (bicyclic) bond motifs is 2. The van der Waals surface area contributed by atoms with Crippen molar-refractivity contribution in [2.24, 2.45) is 11.8 Å². The predicted molar refractivity (Wildman–Crippen MR) is 58.8 cm³/mol. The maximum Gasteiger partial charge on any atom is 0.205 e. The van der Waals surface area contributed by atoms with Gasteiger partial charge < -0.3 is 4.43 Å². The van der Waals surface area contributed by atoms with E-state index in [-0.39, 0.29) is 0 Å². The fourth-order valence-corrected chi connectivity index (χ4v) is 4.39. The van der Waals surface area contributed by atoms with Gasteiger partial charge >= 0.3 is 0 Å². The summed E-state index contributed by atoms with van der Waals surface area (Å²) < 4.78 is 4.54. The monoisotopic (exact) mass is 236 g/mol. The summed E-state index contributed by atoms with van der Waals surface area (Å²) in [7, 11) is -0.560. The summed E-state index contributed by atoms with van der Waals surface area (Å²) in [6.45, 7) is 1.70. The zero-order valence-corrected chi connectivity index (χ0v) is 10.6. The maximum absolute atomic E-state index is 5.77.